The molecule has 0 bridgehead atoms. The third-order valence-electron chi connectivity index (χ3n) is 2.90. The van der Waals surface area contributed by atoms with E-state index in [-0.39, 0.29) is 0 Å². The fraction of sp³-hybridized carbons (Fsp3) is 0.889. The maximum Gasteiger partial charge on any atom is 0.123 e. The highest BCUT2D eigenvalue weighted by Crippen LogP contribution is 2.30. The molecule has 1 saturated carbocycles. The number of nitrogens with zero attached hydrogens (tertiary/aromatic N) is 1. The van der Waals surface area contributed by atoms with E-state index in [4.69, 9.17) is 4.74 Å². The Morgan fingerprint density at radius 3 is 2.50 bits per heavy atom. The molecule has 12 heavy (non-hydrogen) atoms. The van der Waals surface area contributed by atoms with E-state index in [0.717, 1.165) is 45.4 Å². The first-order valence-electron chi connectivity index (χ1n) is 4.67. The molecule has 0 aromatic heterocycles. The Morgan fingerprint density at radius 2 is 1.92 bits per heavy atom. The molecular weight excluding hydrogens is 154 g/mol. The molecule has 2 rings (SSSR count). The van der Waals surface area contributed by atoms with E-state index in [1.54, 1.807) is 0 Å². The second kappa shape index (κ2) is 3.54. The lowest BCUT2D eigenvalue weighted by Gasteiger charge is -2.42. The number of carbonyl (C=O) groups excluding carboxylic acids is 1. The predicted octanol–water partition coefficient (Wildman–Crippen LogP) is 0.296. The van der Waals surface area contributed by atoms with Gasteiger partial charge in [0.25, 0.3) is 0 Å². The van der Waals surface area contributed by atoms with E-state index in [9.17, 15) is 4.79 Å². The van der Waals surface area contributed by atoms with Crippen LogP contribution in [0.1, 0.15) is 12.8 Å². The average Bonchev–Trinajstić information content (AvgIpc) is 2.04. The lowest BCUT2D eigenvalue weighted by molar-refractivity contribution is -0.116. The van der Waals surface area contributed by atoms with Gasteiger partial charge in [-0.15, -0.1) is 0 Å². The van der Waals surface area contributed by atoms with Crippen molar-refractivity contribution >= 4 is 6.29 Å². The first-order valence-corrected chi connectivity index (χ1v) is 4.67. The summed E-state index contributed by atoms with van der Waals surface area (Å²) in [4.78, 5) is 12.8. The minimum Gasteiger partial charge on any atom is -0.379 e. The SMILES string of the molecule is O=C[C@H]1C[C@@H](N2CCOCC2)C1. The van der Waals surface area contributed by atoms with Crippen LogP contribution in [0.5, 0.6) is 0 Å². The van der Waals surface area contributed by atoms with Crippen LogP contribution < -0.4 is 0 Å². The molecule has 0 amide bonds. The highest BCUT2D eigenvalue weighted by atomic mass is 16.5. The van der Waals surface area contributed by atoms with Gasteiger partial charge < -0.3 is 9.53 Å². The van der Waals surface area contributed by atoms with Crippen LogP contribution >= 0.6 is 0 Å². The van der Waals surface area contributed by atoms with Gasteiger partial charge in [0.15, 0.2) is 0 Å². The van der Waals surface area contributed by atoms with Crippen molar-refractivity contribution in [3.63, 3.8) is 0 Å². The monoisotopic (exact) mass is 169 g/mol. The number of ether oxygens (including phenoxy) is 1. The minimum absolute atomic E-state index is 0.345. The second-order valence-electron chi connectivity index (χ2n) is 3.67. The summed E-state index contributed by atoms with van der Waals surface area (Å²) in [6.45, 7) is 3.83. The molecule has 0 aromatic rings. The second-order valence-corrected chi connectivity index (χ2v) is 3.67. The Labute approximate surface area is 72.7 Å². The third kappa shape index (κ3) is 1.52. The van der Waals surface area contributed by atoms with Gasteiger partial charge >= 0.3 is 0 Å². The van der Waals surface area contributed by atoms with Gasteiger partial charge in [-0.05, 0) is 12.8 Å². The normalized spacial score (nSPS) is 37.3. The third-order valence-corrected chi connectivity index (χ3v) is 2.90. The lowest BCUT2D eigenvalue weighted by Crippen LogP contribution is -2.49. The zero-order valence-corrected chi connectivity index (χ0v) is 7.24. The largest absolute Gasteiger partial charge is 0.379 e. The molecule has 68 valence electrons. The molecule has 0 unspecified atom stereocenters. The number of morpholine rings is 1. The highest BCUT2D eigenvalue weighted by Gasteiger charge is 2.33. The van der Waals surface area contributed by atoms with Crippen molar-refractivity contribution < 1.29 is 9.53 Å². The molecule has 1 heterocycles. The van der Waals surface area contributed by atoms with Crippen molar-refractivity contribution in [3.8, 4) is 0 Å². The maximum absolute atomic E-state index is 10.4. The smallest absolute Gasteiger partial charge is 0.123 e. The summed E-state index contributed by atoms with van der Waals surface area (Å²) in [5.74, 6) is 0.345. The summed E-state index contributed by atoms with van der Waals surface area (Å²) in [5, 5.41) is 0. The van der Waals surface area contributed by atoms with Crippen LogP contribution in [0, 0.1) is 5.92 Å². The molecule has 0 atom stereocenters. The number of carbonyl (C=O) groups is 1. The van der Waals surface area contributed by atoms with Gasteiger partial charge in [-0.25, -0.2) is 0 Å². The van der Waals surface area contributed by atoms with E-state index in [0.29, 0.717) is 12.0 Å². The topological polar surface area (TPSA) is 29.5 Å². The number of aldehydes is 1. The van der Waals surface area contributed by atoms with Crippen LogP contribution in [-0.2, 0) is 9.53 Å². The van der Waals surface area contributed by atoms with E-state index < -0.39 is 0 Å². The number of hydrogen-bond donors (Lipinski definition) is 0. The van der Waals surface area contributed by atoms with Crippen molar-refractivity contribution in [1.82, 2.24) is 4.90 Å². The molecule has 0 spiro atoms. The van der Waals surface area contributed by atoms with E-state index >= 15 is 0 Å². The van der Waals surface area contributed by atoms with Crippen molar-refractivity contribution in [2.45, 2.75) is 18.9 Å². The molecule has 0 N–H and O–H groups in total. The Bertz CT molecular complexity index is 160. The standard InChI is InChI=1S/C9H15NO2/c11-7-8-5-9(6-8)10-1-3-12-4-2-10/h7-9H,1-6H2/t8-,9+. The molecule has 2 aliphatic rings. The first kappa shape index (κ1) is 8.20. The molecular formula is C9H15NO2. The zero-order valence-electron chi connectivity index (χ0n) is 7.24. The van der Waals surface area contributed by atoms with E-state index in [1.165, 1.54) is 0 Å². The van der Waals surface area contributed by atoms with Crippen LogP contribution in [0.25, 0.3) is 0 Å². The fourth-order valence-corrected chi connectivity index (χ4v) is 1.98. The summed E-state index contributed by atoms with van der Waals surface area (Å²) >= 11 is 0. The van der Waals surface area contributed by atoms with Gasteiger partial charge in [-0.1, -0.05) is 0 Å². The van der Waals surface area contributed by atoms with Gasteiger partial charge in [0.05, 0.1) is 13.2 Å². The molecule has 3 heteroatoms. The summed E-state index contributed by atoms with van der Waals surface area (Å²) in [7, 11) is 0. The van der Waals surface area contributed by atoms with E-state index in [2.05, 4.69) is 4.90 Å². The van der Waals surface area contributed by atoms with Gasteiger partial charge in [-0.2, -0.15) is 0 Å². The highest BCUT2D eigenvalue weighted by molar-refractivity contribution is 5.55. The van der Waals surface area contributed by atoms with Crippen molar-refractivity contribution in [2.75, 3.05) is 26.3 Å². The zero-order chi connectivity index (χ0) is 8.39. The van der Waals surface area contributed by atoms with Crippen LogP contribution in [0.3, 0.4) is 0 Å². The summed E-state index contributed by atoms with van der Waals surface area (Å²) in [6.07, 6.45) is 3.24. The summed E-state index contributed by atoms with van der Waals surface area (Å²) in [6, 6.07) is 0.670. The van der Waals surface area contributed by atoms with Gasteiger partial charge in [0.2, 0.25) is 0 Å². The summed E-state index contributed by atoms with van der Waals surface area (Å²) in [5.41, 5.74) is 0. The minimum atomic E-state index is 0.345. The Kier molecular flexibility index (Phi) is 2.42. The lowest BCUT2D eigenvalue weighted by atomic mass is 9.80. The maximum atomic E-state index is 10.4. The van der Waals surface area contributed by atoms with Crippen LogP contribution in [0.4, 0.5) is 0 Å². The Morgan fingerprint density at radius 1 is 1.25 bits per heavy atom. The molecule has 3 nitrogen and oxygen atoms in total. The molecule has 1 saturated heterocycles. The van der Waals surface area contributed by atoms with Crippen LogP contribution in [0.15, 0.2) is 0 Å². The summed E-state index contributed by atoms with van der Waals surface area (Å²) < 4.78 is 5.26. The van der Waals surface area contributed by atoms with Crippen molar-refractivity contribution in [2.24, 2.45) is 5.92 Å². The Hall–Kier alpha value is -0.410. The molecule has 0 radical (unpaired) electrons. The van der Waals surface area contributed by atoms with Crippen molar-refractivity contribution in [1.29, 1.82) is 0 Å². The average molecular weight is 169 g/mol. The van der Waals surface area contributed by atoms with Crippen LogP contribution in [-0.4, -0.2) is 43.5 Å². The molecule has 1 aliphatic carbocycles. The molecule has 1 aliphatic heterocycles. The van der Waals surface area contributed by atoms with Crippen molar-refractivity contribution in [3.05, 3.63) is 0 Å². The fourth-order valence-electron chi connectivity index (χ4n) is 1.98. The Balaban J connectivity index is 1.75. The predicted molar refractivity (Wildman–Crippen MR) is 45.0 cm³/mol. The molecule has 2 fully saturated rings. The van der Waals surface area contributed by atoms with Gasteiger partial charge in [-0.3, -0.25) is 4.90 Å². The number of hydrogen-bond acceptors (Lipinski definition) is 3. The van der Waals surface area contributed by atoms with Gasteiger partial charge in [0, 0.05) is 25.0 Å². The molecule has 0 aromatic carbocycles. The van der Waals surface area contributed by atoms with Gasteiger partial charge in [0.1, 0.15) is 6.29 Å². The quantitative estimate of drug-likeness (QED) is 0.557. The number of rotatable bonds is 2. The van der Waals surface area contributed by atoms with Crippen LogP contribution in [0.2, 0.25) is 0 Å². The van der Waals surface area contributed by atoms with E-state index in [1.807, 2.05) is 0 Å². The first-order chi connectivity index (χ1) is 5.90.